The lowest BCUT2D eigenvalue weighted by atomic mass is 10.0. The van der Waals surface area contributed by atoms with Crippen LogP contribution < -0.4 is 0 Å². The van der Waals surface area contributed by atoms with Gasteiger partial charge in [0.2, 0.25) is 5.91 Å². The maximum Gasteiger partial charge on any atom is 0.356 e. The first kappa shape index (κ1) is 36.4. The number of nitrogens with zero attached hydrogens (tertiary/aromatic N) is 5. The van der Waals surface area contributed by atoms with E-state index in [1.54, 1.807) is 11.0 Å². The van der Waals surface area contributed by atoms with Crippen molar-refractivity contribution in [1.82, 2.24) is 25.1 Å². The van der Waals surface area contributed by atoms with Crippen molar-refractivity contribution in [3.05, 3.63) is 53.9 Å². The van der Waals surface area contributed by atoms with E-state index in [4.69, 9.17) is 14.5 Å². The monoisotopic (exact) mass is 657 g/mol. The number of unbranched alkanes of at least 4 members (excludes halogenated alkanes) is 4. The number of aromatic nitrogens is 4. The van der Waals surface area contributed by atoms with E-state index in [9.17, 15) is 33.1 Å². The Morgan fingerprint density at radius 2 is 1.87 bits per heavy atom. The van der Waals surface area contributed by atoms with Crippen LogP contribution in [0.15, 0.2) is 42.5 Å². The van der Waals surface area contributed by atoms with Crippen LogP contribution in [0.5, 0.6) is 0 Å². The van der Waals surface area contributed by atoms with E-state index in [0.717, 1.165) is 32.3 Å². The van der Waals surface area contributed by atoms with Crippen molar-refractivity contribution in [3.8, 4) is 0 Å². The number of aliphatic hydroxyl groups is 2. The molecule has 0 saturated carbocycles. The summed E-state index contributed by atoms with van der Waals surface area (Å²) in [5, 5.41) is 29.2. The molecule has 13 nitrogen and oxygen atoms in total. The summed E-state index contributed by atoms with van der Waals surface area (Å²) in [6, 6.07) is 6.77. The van der Waals surface area contributed by atoms with E-state index >= 15 is 0 Å². The van der Waals surface area contributed by atoms with Gasteiger partial charge < -0.3 is 29.6 Å². The van der Waals surface area contributed by atoms with Crippen molar-refractivity contribution < 1.29 is 47.7 Å². The molecule has 0 bridgehead atoms. The summed E-state index contributed by atoms with van der Waals surface area (Å²) in [6.07, 6.45) is 5.35. The van der Waals surface area contributed by atoms with Gasteiger partial charge in [0.1, 0.15) is 6.10 Å². The largest absolute Gasteiger partial charge is 0.442 e. The van der Waals surface area contributed by atoms with Gasteiger partial charge in [-0.1, -0.05) is 55.3 Å². The van der Waals surface area contributed by atoms with Crippen molar-refractivity contribution in [2.24, 2.45) is 0 Å². The lowest BCUT2D eigenvalue weighted by Crippen LogP contribution is -2.34. The van der Waals surface area contributed by atoms with Gasteiger partial charge in [-0.2, -0.15) is 13.5 Å². The Kier molecular flexibility index (Phi) is 13.3. The summed E-state index contributed by atoms with van der Waals surface area (Å²) < 4.78 is 47.0. The van der Waals surface area contributed by atoms with Crippen LogP contribution in [0.25, 0.3) is 0 Å². The second-order valence-corrected chi connectivity index (χ2v) is 13.4. The molecule has 45 heavy (non-hydrogen) atoms. The van der Waals surface area contributed by atoms with Crippen molar-refractivity contribution >= 4 is 19.5 Å². The van der Waals surface area contributed by atoms with E-state index in [0.29, 0.717) is 38.1 Å². The number of hydrogen-bond donors (Lipinski definition) is 4. The summed E-state index contributed by atoms with van der Waals surface area (Å²) in [7, 11) is -4.66. The highest BCUT2D eigenvalue weighted by molar-refractivity contribution is 7.53. The molecule has 4 N–H and O–H groups in total. The highest BCUT2D eigenvalue weighted by atomic mass is 31.2. The van der Waals surface area contributed by atoms with Crippen LogP contribution in [-0.2, 0) is 38.0 Å². The molecule has 0 aliphatic carbocycles. The molecule has 1 aromatic carbocycles. The third-order valence-corrected chi connectivity index (χ3v) is 9.31. The number of likely N-dealkylation sites (tertiary alicyclic amines) is 1. The van der Waals surface area contributed by atoms with E-state index in [-0.39, 0.29) is 49.9 Å². The van der Waals surface area contributed by atoms with Crippen LogP contribution in [0.2, 0.25) is 0 Å². The smallest absolute Gasteiger partial charge is 0.356 e. The Balaban J connectivity index is 1.33. The molecular weight excluding hydrogens is 615 g/mol. The number of benzene rings is 1. The molecule has 1 fully saturated rings. The van der Waals surface area contributed by atoms with Gasteiger partial charge in [0.05, 0.1) is 6.04 Å². The van der Waals surface area contributed by atoms with Gasteiger partial charge >= 0.3 is 19.5 Å². The number of amides is 1. The second kappa shape index (κ2) is 16.5. The fourth-order valence-electron chi connectivity index (χ4n) is 4.93. The zero-order valence-corrected chi connectivity index (χ0v) is 26.1. The number of rotatable bonds is 19. The highest BCUT2D eigenvalue weighted by Gasteiger charge is 2.40. The molecule has 1 amide bonds. The van der Waals surface area contributed by atoms with Gasteiger partial charge in [0.15, 0.2) is 17.9 Å². The predicted octanol–water partition coefficient (Wildman–Crippen LogP) is 3.42. The molecule has 0 spiro atoms. The first-order chi connectivity index (χ1) is 21.2. The fraction of sp³-hybridized carbons (Fsp3) is 0.621. The molecule has 16 heteroatoms. The number of esters is 1. The Morgan fingerprint density at radius 3 is 2.58 bits per heavy atom. The average molecular weight is 658 g/mol. The molecule has 1 aromatic heterocycles. The van der Waals surface area contributed by atoms with Crippen LogP contribution in [-0.4, -0.2) is 81.0 Å². The standard InChI is InChI=1S/C29H42F2N5O8P/c1-28(40,45(41,42)43)19-9-8-14-27(39)44-21-36-25(32-33-34-36)13-7-2-3-10-20-35-23(16-18-26(35)38)15-17-24(37)29(30,31)22-11-5-4-6-12-22/h4-6,11-12,15,17,23-24,37,40H,2-3,7-10,13-14,16,18-21H2,1H3,(H2,41,42,43)/b17-15+/t23-,24+,28?/m0/s1. The van der Waals surface area contributed by atoms with Crippen LogP contribution in [0.4, 0.5) is 8.78 Å². The third kappa shape index (κ3) is 10.7. The zero-order chi connectivity index (χ0) is 33.1. The van der Waals surface area contributed by atoms with Gasteiger partial charge in [0.25, 0.3) is 0 Å². The molecule has 1 aliphatic heterocycles. The van der Waals surface area contributed by atoms with Crippen LogP contribution in [0, 0.1) is 0 Å². The zero-order valence-electron chi connectivity index (χ0n) is 25.2. The van der Waals surface area contributed by atoms with Crippen molar-refractivity contribution in [2.75, 3.05) is 6.54 Å². The first-order valence-corrected chi connectivity index (χ1v) is 16.6. The summed E-state index contributed by atoms with van der Waals surface area (Å²) in [5.41, 5.74) is -0.279. The molecule has 1 aliphatic rings. The molecule has 0 radical (unpaired) electrons. The van der Waals surface area contributed by atoms with Gasteiger partial charge in [-0.05, 0) is 55.9 Å². The van der Waals surface area contributed by atoms with Crippen LogP contribution in [0.1, 0.15) is 82.5 Å². The Morgan fingerprint density at radius 1 is 1.16 bits per heavy atom. The molecule has 2 aromatic rings. The van der Waals surface area contributed by atoms with Crippen LogP contribution in [0.3, 0.4) is 0 Å². The van der Waals surface area contributed by atoms with E-state index in [2.05, 4.69) is 15.5 Å². The number of aryl methyl sites for hydroxylation is 1. The number of halogens is 2. The molecular formula is C29H42F2N5O8P. The van der Waals surface area contributed by atoms with Crippen molar-refractivity contribution in [1.29, 1.82) is 0 Å². The van der Waals surface area contributed by atoms with E-state index in [1.807, 2.05) is 0 Å². The number of carbonyl (C=O) groups is 2. The third-order valence-electron chi connectivity index (χ3n) is 7.83. The highest BCUT2D eigenvalue weighted by Crippen LogP contribution is 2.51. The van der Waals surface area contributed by atoms with Crippen LogP contribution >= 0.6 is 7.60 Å². The number of alkyl halides is 2. The fourth-order valence-corrected chi connectivity index (χ4v) is 5.38. The number of aliphatic hydroxyl groups excluding tert-OH is 1. The maximum atomic E-state index is 14.6. The Bertz CT molecular complexity index is 1320. The Labute approximate surface area is 260 Å². The lowest BCUT2D eigenvalue weighted by molar-refractivity contribution is -0.148. The molecule has 1 saturated heterocycles. The molecule has 1 unspecified atom stereocenters. The molecule has 3 atom stereocenters. The summed E-state index contributed by atoms with van der Waals surface area (Å²) >= 11 is 0. The topological polar surface area (TPSA) is 188 Å². The minimum absolute atomic E-state index is 0.00557. The van der Waals surface area contributed by atoms with E-state index < -0.39 is 30.9 Å². The average Bonchev–Trinajstić information content (AvgIpc) is 3.59. The molecule has 2 heterocycles. The number of ether oxygens (including phenoxy) is 1. The molecule has 3 rings (SSSR count). The van der Waals surface area contributed by atoms with Gasteiger partial charge in [0, 0.05) is 31.4 Å². The summed E-state index contributed by atoms with van der Waals surface area (Å²) in [6.45, 7) is 1.35. The number of tetrazole rings is 1. The van der Waals surface area contributed by atoms with E-state index in [1.165, 1.54) is 35.0 Å². The number of hydrogen-bond acceptors (Lipinski definition) is 9. The predicted molar refractivity (Wildman–Crippen MR) is 157 cm³/mol. The summed E-state index contributed by atoms with van der Waals surface area (Å²) in [4.78, 5) is 44.4. The van der Waals surface area contributed by atoms with Crippen molar-refractivity contribution in [2.45, 2.75) is 108 Å². The quantitative estimate of drug-likeness (QED) is 0.0750. The van der Waals surface area contributed by atoms with Crippen molar-refractivity contribution in [3.63, 3.8) is 0 Å². The van der Waals surface area contributed by atoms with Gasteiger partial charge in [-0.25, -0.2) is 0 Å². The first-order valence-electron chi connectivity index (χ1n) is 15.0. The lowest BCUT2D eigenvalue weighted by Gasteiger charge is -2.24. The maximum absolute atomic E-state index is 14.6. The normalized spacial score (nSPS) is 18.0. The Hall–Kier alpha value is -3.10. The van der Waals surface area contributed by atoms with Gasteiger partial charge in [-0.3, -0.25) is 14.2 Å². The number of carbonyl (C=O) groups excluding carboxylic acids is 2. The minimum Gasteiger partial charge on any atom is -0.442 e. The summed E-state index contributed by atoms with van der Waals surface area (Å²) in [5.74, 6) is -3.49. The molecule has 250 valence electrons. The minimum atomic E-state index is -4.66. The second-order valence-electron chi connectivity index (χ2n) is 11.4. The van der Waals surface area contributed by atoms with Gasteiger partial charge in [-0.15, -0.1) is 5.10 Å². The SMILES string of the molecule is CC(O)(CCCCC(=O)OCn1nnnc1CCCCCCN1C(=O)CC[C@@H]1/C=C/[C@@H](O)C(F)(F)c1ccccc1)P(=O)(O)O.